The largest absolute Gasteiger partial charge is 0.573 e. The Morgan fingerprint density at radius 2 is 1.93 bits per heavy atom. The molecule has 0 amide bonds. The van der Waals surface area contributed by atoms with Crippen LogP contribution in [0.3, 0.4) is 0 Å². The Bertz CT molecular complexity index is 738. The fourth-order valence-corrected chi connectivity index (χ4v) is 3.36. The molecule has 0 bridgehead atoms. The maximum Gasteiger partial charge on any atom is 0.573 e. The number of hydrogen-bond donors (Lipinski definition) is 1. The second-order valence-electron chi connectivity index (χ2n) is 6.52. The lowest BCUT2D eigenvalue weighted by atomic mass is 10.0. The second kappa shape index (κ2) is 8.52. The molecule has 1 aliphatic heterocycles. The van der Waals surface area contributed by atoms with E-state index in [0.29, 0.717) is 17.9 Å². The first kappa shape index (κ1) is 19.4. The normalized spacial score (nSPS) is 17.6. The van der Waals surface area contributed by atoms with E-state index in [0.717, 1.165) is 25.9 Å². The summed E-state index contributed by atoms with van der Waals surface area (Å²) in [6.07, 6.45) is -2.63. The average Bonchev–Trinajstić information content (AvgIpc) is 2.66. The minimum absolute atomic E-state index is 0.241. The molecule has 1 saturated heterocycles. The van der Waals surface area contributed by atoms with E-state index in [1.54, 1.807) is 0 Å². The molecule has 146 valence electrons. The van der Waals surface area contributed by atoms with Gasteiger partial charge in [0.05, 0.1) is 7.11 Å². The quantitative estimate of drug-likeness (QED) is 0.808. The van der Waals surface area contributed by atoms with E-state index in [1.165, 1.54) is 31.0 Å². The van der Waals surface area contributed by atoms with Crippen molar-refractivity contribution in [2.24, 2.45) is 0 Å². The number of methoxy groups -OCH3 is 1. The molecular weight excluding hydrogens is 357 g/mol. The summed E-state index contributed by atoms with van der Waals surface area (Å²) in [4.78, 5) is 2.32. The van der Waals surface area contributed by atoms with Gasteiger partial charge >= 0.3 is 6.36 Å². The van der Waals surface area contributed by atoms with E-state index < -0.39 is 6.36 Å². The summed E-state index contributed by atoms with van der Waals surface area (Å²) in [5.74, 6) is 0.294. The fraction of sp³-hybridized carbons (Fsp3) is 0.400. The first-order valence-electron chi connectivity index (χ1n) is 8.90. The Kier molecular flexibility index (Phi) is 6.11. The summed E-state index contributed by atoms with van der Waals surface area (Å²) in [6, 6.07) is 14.6. The summed E-state index contributed by atoms with van der Waals surface area (Å²) in [7, 11) is 1.50. The number of halogens is 3. The molecule has 7 heteroatoms. The lowest BCUT2D eigenvalue weighted by Crippen LogP contribution is -2.45. The highest BCUT2D eigenvalue weighted by molar-refractivity contribution is 5.46. The van der Waals surface area contributed by atoms with E-state index in [4.69, 9.17) is 4.74 Å². The highest BCUT2D eigenvalue weighted by atomic mass is 19.4. The van der Waals surface area contributed by atoms with Gasteiger partial charge in [0.15, 0.2) is 0 Å². The molecule has 1 aliphatic rings. The number of rotatable bonds is 6. The van der Waals surface area contributed by atoms with Crippen LogP contribution in [-0.4, -0.2) is 32.6 Å². The van der Waals surface area contributed by atoms with Crippen LogP contribution in [0, 0.1) is 0 Å². The maximum atomic E-state index is 12.5. The van der Waals surface area contributed by atoms with E-state index in [1.807, 2.05) is 18.2 Å². The number of benzene rings is 2. The van der Waals surface area contributed by atoms with Gasteiger partial charge in [-0.2, -0.15) is 0 Å². The Hall–Kier alpha value is -2.41. The summed E-state index contributed by atoms with van der Waals surface area (Å²) in [6.45, 7) is 2.26. The van der Waals surface area contributed by atoms with Crippen molar-refractivity contribution >= 4 is 5.69 Å². The van der Waals surface area contributed by atoms with Crippen LogP contribution in [-0.2, 0) is 6.54 Å². The van der Waals surface area contributed by atoms with Crippen LogP contribution in [0.4, 0.5) is 18.9 Å². The zero-order chi connectivity index (χ0) is 19.3. The molecule has 27 heavy (non-hydrogen) atoms. The highest BCUT2D eigenvalue weighted by Gasteiger charge is 2.31. The number of anilines is 1. The molecule has 1 atom stereocenters. The zero-order valence-electron chi connectivity index (χ0n) is 15.1. The van der Waals surface area contributed by atoms with E-state index in [-0.39, 0.29) is 11.8 Å². The number of hydrogen-bond acceptors (Lipinski definition) is 4. The lowest BCUT2D eigenvalue weighted by molar-refractivity contribution is -0.274. The fourth-order valence-electron chi connectivity index (χ4n) is 3.36. The van der Waals surface area contributed by atoms with Crippen molar-refractivity contribution in [3.8, 4) is 11.5 Å². The highest BCUT2D eigenvalue weighted by Crippen LogP contribution is 2.29. The molecule has 0 spiro atoms. The van der Waals surface area contributed by atoms with Crippen LogP contribution in [0.2, 0.25) is 0 Å². The Morgan fingerprint density at radius 1 is 1.15 bits per heavy atom. The molecule has 1 unspecified atom stereocenters. The summed E-state index contributed by atoms with van der Waals surface area (Å²) in [5, 5.41) is 3.44. The standard InChI is InChI=1S/C20H23F3N2O2/c1-26-19-10-9-18(27-20(21,22)23)12-15(19)13-24-16-6-5-11-25(14-16)17-7-3-2-4-8-17/h2-4,7-10,12,16,24H,5-6,11,13-14H2,1H3. The minimum Gasteiger partial charge on any atom is -0.496 e. The van der Waals surface area contributed by atoms with Gasteiger partial charge in [-0.3, -0.25) is 0 Å². The molecule has 2 aromatic carbocycles. The van der Waals surface area contributed by atoms with Crippen LogP contribution in [0.5, 0.6) is 11.5 Å². The van der Waals surface area contributed by atoms with Crippen molar-refractivity contribution in [1.29, 1.82) is 0 Å². The molecule has 0 aliphatic carbocycles. The molecular formula is C20H23F3N2O2. The molecule has 3 rings (SSSR count). The molecule has 0 saturated carbocycles. The van der Waals surface area contributed by atoms with Gasteiger partial charge in [0, 0.05) is 36.9 Å². The monoisotopic (exact) mass is 380 g/mol. The molecule has 4 nitrogen and oxygen atoms in total. The molecule has 1 heterocycles. The van der Waals surface area contributed by atoms with Crippen LogP contribution < -0.4 is 19.7 Å². The third-order valence-corrected chi connectivity index (χ3v) is 4.61. The van der Waals surface area contributed by atoms with E-state index in [2.05, 4.69) is 27.1 Å². The van der Waals surface area contributed by atoms with Crippen LogP contribution >= 0.6 is 0 Å². The number of para-hydroxylation sites is 1. The van der Waals surface area contributed by atoms with Gasteiger partial charge in [-0.25, -0.2) is 0 Å². The third kappa shape index (κ3) is 5.53. The van der Waals surface area contributed by atoms with Crippen molar-refractivity contribution in [3.63, 3.8) is 0 Å². The van der Waals surface area contributed by atoms with Crippen molar-refractivity contribution < 1.29 is 22.6 Å². The first-order chi connectivity index (χ1) is 12.9. The van der Waals surface area contributed by atoms with E-state index >= 15 is 0 Å². The number of alkyl halides is 3. The maximum absolute atomic E-state index is 12.5. The number of nitrogens with one attached hydrogen (secondary N) is 1. The number of ether oxygens (including phenoxy) is 2. The predicted octanol–water partition coefficient (Wildman–Crippen LogP) is 4.35. The van der Waals surface area contributed by atoms with Crippen molar-refractivity contribution in [3.05, 3.63) is 54.1 Å². The predicted molar refractivity (Wildman–Crippen MR) is 98.2 cm³/mol. The first-order valence-corrected chi connectivity index (χ1v) is 8.90. The SMILES string of the molecule is COc1ccc(OC(F)(F)F)cc1CNC1CCCN(c2ccccc2)C1. The van der Waals surface area contributed by atoms with Gasteiger partial charge in [-0.05, 0) is 43.2 Å². The van der Waals surface area contributed by atoms with Gasteiger partial charge in [0.25, 0.3) is 0 Å². The van der Waals surface area contributed by atoms with Crippen LogP contribution in [0.1, 0.15) is 18.4 Å². The molecule has 0 aromatic heterocycles. The lowest BCUT2D eigenvalue weighted by Gasteiger charge is -2.35. The average molecular weight is 380 g/mol. The summed E-state index contributed by atoms with van der Waals surface area (Å²) >= 11 is 0. The van der Waals surface area contributed by atoms with Crippen LogP contribution in [0.15, 0.2) is 48.5 Å². The third-order valence-electron chi connectivity index (χ3n) is 4.61. The molecule has 2 aromatic rings. The van der Waals surface area contributed by atoms with Gasteiger partial charge in [-0.15, -0.1) is 13.2 Å². The molecule has 1 fully saturated rings. The Morgan fingerprint density at radius 3 is 2.63 bits per heavy atom. The summed E-state index contributed by atoms with van der Waals surface area (Å²) in [5.41, 5.74) is 1.82. The number of piperidine rings is 1. The Balaban J connectivity index is 1.64. The summed E-state index contributed by atoms with van der Waals surface area (Å²) < 4.78 is 46.7. The van der Waals surface area contributed by atoms with Gasteiger partial charge in [0.2, 0.25) is 0 Å². The van der Waals surface area contributed by atoms with E-state index in [9.17, 15) is 13.2 Å². The van der Waals surface area contributed by atoms with Gasteiger partial charge in [-0.1, -0.05) is 18.2 Å². The number of nitrogens with zero attached hydrogens (tertiary/aromatic N) is 1. The second-order valence-corrected chi connectivity index (χ2v) is 6.52. The molecule has 1 N–H and O–H groups in total. The van der Waals surface area contributed by atoms with Crippen molar-refractivity contribution in [1.82, 2.24) is 5.32 Å². The van der Waals surface area contributed by atoms with Crippen molar-refractivity contribution in [2.75, 3.05) is 25.1 Å². The minimum atomic E-state index is -4.71. The van der Waals surface area contributed by atoms with Gasteiger partial charge < -0.3 is 19.7 Å². The van der Waals surface area contributed by atoms with Crippen molar-refractivity contribution in [2.45, 2.75) is 31.8 Å². The van der Waals surface area contributed by atoms with Gasteiger partial charge in [0.1, 0.15) is 11.5 Å². The molecule has 0 radical (unpaired) electrons. The Labute approximate surface area is 156 Å². The topological polar surface area (TPSA) is 33.7 Å². The van der Waals surface area contributed by atoms with Crippen LogP contribution in [0.25, 0.3) is 0 Å². The smallest absolute Gasteiger partial charge is 0.496 e. The zero-order valence-corrected chi connectivity index (χ0v) is 15.1.